The molecule has 3 atom stereocenters. The van der Waals surface area contributed by atoms with Crippen LogP contribution in [0.4, 0.5) is 0 Å². The van der Waals surface area contributed by atoms with Crippen molar-refractivity contribution in [1.29, 1.82) is 0 Å². The van der Waals surface area contributed by atoms with E-state index >= 15 is 0 Å². The molecular formula is C28H38N8O4. The zero-order valence-corrected chi connectivity index (χ0v) is 23.9. The second kappa shape index (κ2) is 11.4. The van der Waals surface area contributed by atoms with Gasteiger partial charge in [0.05, 0.1) is 78.1 Å². The smallest absolute Gasteiger partial charge is 0.221 e. The maximum atomic E-state index is 9.83. The summed E-state index contributed by atoms with van der Waals surface area (Å²) in [4.78, 5) is 11.9. The number of fused-ring (bicyclic) bond motifs is 4. The molecule has 3 aromatic rings. The third-order valence-corrected chi connectivity index (χ3v) is 7.33. The topological polar surface area (TPSA) is 149 Å². The normalized spacial score (nSPS) is 23.8. The van der Waals surface area contributed by atoms with Crippen LogP contribution in [0.2, 0.25) is 0 Å². The van der Waals surface area contributed by atoms with E-state index < -0.39 is 0 Å². The van der Waals surface area contributed by atoms with Crippen molar-refractivity contribution in [2.75, 3.05) is 40.0 Å². The number of allylic oxidation sites excluding steroid dienone is 1. The highest BCUT2D eigenvalue weighted by Crippen LogP contribution is 2.36. The number of likely N-dealkylation sites (N-methyl/N-ethyl adjacent to an activating group) is 1. The molecule has 0 radical (unpaired) electrons. The van der Waals surface area contributed by atoms with Gasteiger partial charge < -0.3 is 25.1 Å². The van der Waals surface area contributed by atoms with Crippen molar-refractivity contribution in [3.8, 4) is 17.1 Å². The molecule has 0 amide bonds. The van der Waals surface area contributed by atoms with Gasteiger partial charge in [0.2, 0.25) is 5.88 Å². The molecule has 4 N–H and O–H groups in total. The molecule has 5 rings (SSSR count). The number of hydrogen-bond acceptors (Lipinski definition) is 10. The Kier molecular flexibility index (Phi) is 7.92. The average Bonchev–Trinajstić information content (AvgIpc) is 3.61. The second-order valence-electron chi connectivity index (χ2n) is 10.3. The minimum absolute atomic E-state index is 0.0736. The number of ether oxygens (including phenoxy) is 3. The van der Waals surface area contributed by atoms with Crippen molar-refractivity contribution in [3.05, 3.63) is 40.7 Å². The van der Waals surface area contributed by atoms with Crippen LogP contribution in [-0.2, 0) is 16.5 Å². The Morgan fingerprint density at radius 2 is 2.08 bits per heavy atom. The summed E-state index contributed by atoms with van der Waals surface area (Å²) in [6.07, 6.45) is 3.55. The number of aliphatic hydroxyl groups excluding tert-OH is 1. The van der Waals surface area contributed by atoms with E-state index in [1.165, 1.54) is 0 Å². The number of rotatable bonds is 4. The first-order chi connectivity index (χ1) is 19.2. The van der Waals surface area contributed by atoms with Crippen LogP contribution in [-0.4, -0.2) is 98.9 Å². The van der Waals surface area contributed by atoms with Gasteiger partial charge >= 0.3 is 0 Å². The molecule has 0 saturated carbocycles. The van der Waals surface area contributed by atoms with Gasteiger partial charge in [0.25, 0.3) is 0 Å². The highest BCUT2D eigenvalue weighted by Gasteiger charge is 2.36. The molecule has 2 aliphatic heterocycles. The first-order valence-electron chi connectivity index (χ1n) is 13.5. The molecule has 12 nitrogen and oxygen atoms in total. The Balaban J connectivity index is 1.75. The molecule has 40 heavy (non-hydrogen) atoms. The number of pyridine rings is 1. The predicted octanol–water partition coefficient (Wildman–Crippen LogP) is 2.11. The Labute approximate surface area is 233 Å². The van der Waals surface area contributed by atoms with Crippen LogP contribution in [0.25, 0.3) is 28.2 Å². The lowest BCUT2D eigenvalue weighted by molar-refractivity contribution is 0.114. The summed E-state index contributed by atoms with van der Waals surface area (Å²) in [5.74, 6) is 0.893. The van der Waals surface area contributed by atoms with E-state index in [0.717, 1.165) is 39.2 Å². The molecule has 12 heteroatoms. The molecule has 2 aliphatic rings. The number of aliphatic hydroxyl groups is 1. The Morgan fingerprint density at radius 3 is 2.83 bits per heavy atom. The summed E-state index contributed by atoms with van der Waals surface area (Å²) in [7, 11) is 3.88. The molecule has 214 valence electrons. The lowest BCUT2D eigenvalue weighted by Gasteiger charge is -2.29. The molecule has 5 heterocycles. The number of aryl methyl sites for hydroxylation is 3. The van der Waals surface area contributed by atoms with Gasteiger partial charge in [-0.05, 0) is 53.0 Å². The molecular weight excluding hydrogens is 512 g/mol. The van der Waals surface area contributed by atoms with Crippen LogP contribution in [0.5, 0.6) is 5.88 Å². The van der Waals surface area contributed by atoms with Crippen LogP contribution in [0, 0.1) is 13.8 Å². The van der Waals surface area contributed by atoms with Crippen molar-refractivity contribution in [2.24, 2.45) is 17.8 Å². The zero-order valence-electron chi connectivity index (χ0n) is 23.9. The number of nitrogens with zero attached hydrogens (tertiary/aromatic N) is 6. The van der Waals surface area contributed by atoms with Crippen LogP contribution < -0.4 is 10.5 Å². The van der Waals surface area contributed by atoms with E-state index in [2.05, 4.69) is 20.2 Å². The minimum atomic E-state index is -0.334. The summed E-state index contributed by atoms with van der Waals surface area (Å²) < 4.78 is 20.1. The van der Waals surface area contributed by atoms with Gasteiger partial charge in [-0.1, -0.05) is 0 Å². The lowest BCUT2D eigenvalue weighted by atomic mass is 10.1. The van der Waals surface area contributed by atoms with E-state index in [1.54, 1.807) is 4.68 Å². The molecule has 0 spiro atoms. The molecule has 0 aromatic carbocycles. The summed E-state index contributed by atoms with van der Waals surface area (Å²) >= 11 is 0. The minimum Gasteiger partial charge on any atom is -0.479 e. The van der Waals surface area contributed by atoms with E-state index in [0.29, 0.717) is 43.5 Å². The standard InChI is InChI=1S/C28H38N8O4/c1-7-39-27(29)18-8-9-20-19-10-21(31-17(4)26(19)33-32-20)25-16(3)34-36(6)28(25)40-24-14-38-13-23(24)35(5)11-22(18)30-15(2)12-37/h8-10,15,23-24,37H,7,11-14,29H2,1-6H3,(H,32,33)/b9-8+,27-18+,30-22?/t15-,23-,24+/m0/s1. The second-order valence-corrected chi connectivity index (χ2v) is 10.3. The third kappa shape index (κ3) is 5.21. The monoisotopic (exact) mass is 550 g/mol. The molecule has 3 aromatic heterocycles. The summed E-state index contributed by atoms with van der Waals surface area (Å²) in [5.41, 5.74) is 12.5. The van der Waals surface area contributed by atoms with Crippen molar-refractivity contribution in [3.63, 3.8) is 0 Å². The maximum Gasteiger partial charge on any atom is 0.221 e. The van der Waals surface area contributed by atoms with E-state index in [4.69, 9.17) is 29.9 Å². The fourth-order valence-electron chi connectivity index (χ4n) is 5.28. The summed E-state index contributed by atoms with van der Waals surface area (Å²) in [6, 6.07) is 1.60. The van der Waals surface area contributed by atoms with E-state index in [-0.39, 0.29) is 30.7 Å². The van der Waals surface area contributed by atoms with Gasteiger partial charge in [-0.2, -0.15) is 10.2 Å². The average molecular weight is 551 g/mol. The number of aromatic amines is 1. The Bertz CT molecular complexity index is 1490. The number of H-pyrrole nitrogens is 1. The van der Waals surface area contributed by atoms with Crippen LogP contribution in [0.15, 0.2) is 28.6 Å². The quantitative estimate of drug-likeness (QED) is 0.415. The third-order valence-electron chi connectivity index (χ3n) is 7.33. The van der Waals surface area contributed by atoms with Gasteiger partial charge in [-0.3, -0.25) is 20.0 Å². The van der Waals surface area contributed by atoms with Crippen LogP contribution in [0.3, 0.4) is 0 Å². The van der Waals surface area contributed by atoms with Gasteiger partial charge in [-0.25, -0.2) is 4.68 Å². The molecule has 0 unspecified atom stereocenters. The van der Waals surface area contributed by atoms with Gasteiger partial charge in [0.15, 0.2) is 5.88 Å². The van der Waals surface area contributed by atoms with Gasteiger partial charge in [-0.15, -0.1) is 0 Å². The van der Waals surface area contributed by atoms with Crippen molar-refractivity contribution in [2.45, 2.75) is 45.9 Å². The van der Waals surface area contributed by atoms with Gasteiger partial charge in [0, 0.05) is 19.0 Å². The highest BCUT2D eigenvalue weighted by atomic mass is 16.6. The molecule has 1 fully saturated rings. The largest absolute Gasteiger partial charge is 0.479 e. The first kappa shape index (κ1) is 27.8. The van der Waals surface area contributed by atoms with Crippen molar-refractivity contribution < 1.29 is 19.3 Å². The fraction of sp³-hybridized carbons (Fsp3) is 0.500. The van der Waals surface area contributed by atoms with Crippen LogP contribution in [0.1, 0.15) is 30.9 Å². The molecule has 1 saturated heterocycles. The van der Waals surface area contributed by atoms with Crippen LogP contribution >= 0.6 is 0 Å². The van der Waals surface area contributed by atoms with E-state index in [9.17, 15) is 5.11 Å². The molecule has 0 aliphatic carbocycles. The number of aliphatic imine (C=N–C) groups is 1. The van der Waals surface area contributed by atoms with Crippen molar-refractivity contribution >= 4 is 22.7 Å². The van der Waals surface area contributed by atoms with Crippen molar-refractivity contribution in [1.82, 2.24) is 29.9 Å². The fourth-order valence-corrected chi connectivity index (χ4v) is 5.28. The SMILES string of the molecule is CCO/C(N)=C1\C=C\c2[nH]nc3c(C)nc(cc23)-c2c(C)nn(C)c2O[C@@H]2COC[C@@H]2N(C)CC1=N[C@@H](C)CO. The number of aromatic nitrogens is 5. The zero-order chi connectivity index (χ0) is 28.6. The number of nitrogens with two attached hydrogens (primary N) is 1. The molecule has 2 bridgehead atoms. The summed E-state index contributed by atoms with van der Waals surface area (Å²) in [5, 5.41) is 23.1. The van der Waals surface area contributed by atoms with E-state index in [1.807, 2.05) is 60.0 Å². The van der Waals surface area contributed by atoms with Gasteiger partial charge in [0.1, 0.15) is 11.6 Å². The number of hydrogen-bond donors (Lipinski definition) is 3. The summed E-state index contributed by atoms with van der Waals surface area (Å²) in [6.45, 7) is 9.30. The lowest BCUT2D eigenvalue weighted by Crippen LogP contribution is -2.46. The maximum absolute atomic E-state index is 9.83. The highest BCUT2D eigenvalue weighted by molar-refractivity contribution is 6.05. The number of nitrogens with one attached hydrogen (secondary N) is 1. The Hall–Kier alpha value is -3.74. The first-order valence-corrected chi connectivity index (χ1v) is 13.5. The Morgan fingerprint density at radius 1 is 1.27 bits per heavy atom. The predicted molar refractivity (Wildman–Crippen MR) is 153 cm³/mol.